The second kappa shape index (κ2) is 10.2. The Kier molecular flexibility index (Phi) is 7.15. The minimum atomic E-state index is -3.33. The monoisotopic (exact) mass is 482 g/mol. The van der Waals surface area contributed by atoms with Crippen LogP contribution < -0.4 is 4.90 Å². The van der Waals surface area contributed by atoms with Gasteiger partial charge in [0.05, 0.1) is 28.3 Å². The lowest BCUT2D eigenvalue weighted by Gasteiger charge is -2.20. The number of hydrogen-bond acceptors (Lipinski definition) is 5. The van der Waals surface area contributed by atoms with Crippen molar-refractivity contribution in [3.05, 3.63) is 95.8 Å². The molecule has 0 aliphatic carbocycles. The van der Waals surface area contributed by atoms with Crippen molar-refractivity contribution in [2.45, 2.75) is 25.1 Å². The van der Waals surface area contributed by atoms with E-state index < -0.39 is 9.84 Å². The fourth-order valence-electron chi connectivity index (χ4n) is 3.51. The molecule has 4 rings (SSSR count). The summed E-state index contributed by atoms with van der Waals surface area (Å²) in [4.78, 5) is 19.2. The molecule has 0 aliphatic heterocycles. The fraction of sp³-hybridized carbons (Fsp3) is 0.200. The standard InChI is InChI=1S/C25H23FN2O3S2/c26-21-13-14-22-23(16-21)32-25(27-22)28(17-19-8-3-1-4-9-19)24(29)12-7-15-33(30,31)18-20-10-5-2-6-11-20/h1-6,8-11,13-14,16H,7,12,15,17-18H2. The molecule has 8 heteroatoms. The molecule has 0 spiro atoms. The van der Waals surface area contributed by atoms with Gasteiger partial charge in [-0.3, -0.25) is 9.69 Å². The summed E-state index contributed by atoms with van der Waals surface area (Å²) in [6.07, 6.45) is 0.296. The number of fused-ring (bicyclic) bond motifs is 1. The molecular weight excluding hydrogens is 459 g/mol. The van der Waals surface area contributed by atoms with Crippen LogP contribution in [-0.2, 0) is 26.9 Å². The van der Waals surface area contributed by atoms with Gasteiger partial charge in [-0.2, -0.15) is 0 Å². The Hall–Kier alpha value is -3.10. The van der Waals surface area contributed by atoms with E-state index in [1.807, 2.05) is 36.4 Å². The van der Waals surface area contributed by atoms with Gasteiger partial charge in [0.25, 0.3) is 0 Å². The first-order valence-corrected chi connectivity index (χ1v) is 13.2. The van der Waals surface area contributed by atoms with Gasteiger partial charge in [0, 0.05) is 6.42 Å². The fourth-order valence-corrected chi connectivity index (χ4v) is 5.94. The average Bonchev–Trinajstić information content (AvgIpc) is 3.21. The minimum Gasteiger partial charge on any atom is -0.284 e. The number of carbonyl (C=O) groups is 1. The van der Waals surface area contributed by atoms with Crippen molar-refractivity contribution in [2.75, 3.05) is 10.7 Å². The zero-order chi connectivity index (χ0) is 23.3. The zero-order valence-electron chi connectivity index (χ0n) is 17.9. The predicted molar refractivity (Wildman–Crippen MR) is 130 cm³/mol. The maximum Gasteiger partial charge on any atom is 0.229 e. The highest BCUT2D eigenvalue weighted by molar-refractivity contribution is 7.90. The van der Waals surface area contributed by atoms with Crippen molar-refractivity contribution < 1.29 is 17.6 Å². The molecule has 3 aromatic carbocycles. The topological polar surface area (TPSA) is 67.3 Å². The summed E-state index contributed by atoms with van der Waals surface area (Å²) in [5.41, 5.74) is 2.27. The van der Waals surface area contributed by atoms with Crippen molar-refractivity contribution in [2.24, 2.45) is 0 Å². The summed E-state index contributed by atoms with van der Waals surface area (Å²) in [7, 11) is -3.33. The van der Waals surface area contributed by atoms with Crippen LogP contribution in [0.2, 0.25) is 0 Å². The summed E-state index contributed by atoms with van der Waals surface area (Å²) in [5.74, 6) is -0.688. The summed E-state index contributed by atoms with van der Waals surface area (Å²) >= 11 is 1.24. The molecule has 0 radical (unpaired) electrons. The van der Waals surface area contributed by atoms with Crippen LogP contribution in [0.25, 0.3) is 10.2 Å². The number of carbonyl (C=O) groups excluding carboxylic acids is 1. The van der Waals surface area contributed by atoms with Crippen molar-refractivity contribution in [3.8, 4) is 0 Å². The molecule has 0 saturated carbocycles. The number of benzene rings is 3. The lowest BCUT2D eigenvalue weighted by Crippen LogP contribution is -2.30. The summed E-state index contributed by atoms with van der Waals surface area (Å²) < 4.78 is 39.3. The van der Waals surface area contributed by atoms with Gasteiger partial charge in [-0.1, -0.05) is 72.0 Å². The maximum absolute atomic E-state index is 13.6. The third-order valence-electron chi connectivity index (χ3n) is 5.13. The van der Waals surface area contributed by atoms with Crippen molar-refractivity contribution >= 4 is 42.4 Å². The summed E-state index contributed by atoms with van der Waals surface area (Å²) in [5, 5.41) is 0.469. The molecule has 0 saturated heterocycles. The number of thiazole rings is 1. The van der Waals surface area contributed by atoms with Gasteiger partial charge in [0.15, 0.2) is 15.0 Å². The molecule has 0 unspecified atom stereocenters. The number of hydrogen-bond donors (Lipinski definition) is 0. The van der Waals surface area contributed by atoms with Crippen LogP contribution in [0.5, 0.6) is 0 Å². The Balaban J connectivity index is 1.48. The number of anilines is 1. The number of rotatable bonds is 9. The minimum absolute atomic E-state index is 0.0425. The van der Waals surface area contributed by atoms with Crippen molar-refractivity contribution in [1.82, 2.24) is 4.98 Å². The van der Waals surface area contributed by atoms with Gasteiger partial charge < -0.3 is 0 Å². The van der Waals surface area contributed by atoms with E-state index in [1.165, 1.54) is 23.5 Å². The first kappa shape index (κ1) is 23.1. The molecule has 33 heavy (non-hydrogen) atoms. The van der Waals surface area contributed by atoms with Gasteiger partial charge in [-0.05, 0) is 35.7 Å². The highest BCUT2D eigenvalue weighted by atomic mass is 32.2. The largest absolute Gasteiger partial charge is 0.284 e. The van der Waals surface area contributed by atoms with E-state index in [0.717, 1.165) is 11.1 Å². The first-order valence-electron chi connectivity index (χ1n) is 10.5. The number of halogens is 1. The second-order valence-electron chi connectivity index (χ2n) is 7.76. The number of nitrogens with zero attached hydrogens (tertiary/aromatic N) is 2. The molecule has 170 valence electrons. The lowest BCUT2D eigenvalue weighted by atomic mass is 10.2. The number of aromatic nitrogens is 1. The van der Waals surface area contributed by atoms with Gasteiger partial charge in [-0.25, -0.2) is 17.8 Å². The molecule has 0 N–H and O–H groups in total. The Morgan fingerprint density at radius 1 is 0.939 bits per heavy atom. The Bertz CT molecular complexity index is 1340. The van der Waals surface area contributed by atoms with Gasteiger partial charge in [0.1, 0.15) is 5.82 Å². The van der Waals surface area contributed by atoms with Crippen LogP contribution in [0, 0.1) is 5.82 Å². The molecule has 1 heterocycles. The summed E-state index contributed by atoms with van der Waals surface area (Å²) in [6, 6.07) is 22.8. The predicted octanol–water partition coefficient (Wildman–Crippen LogP) is 5.36. The van der Waals surface area contributed by atoms with Crippen molar-refractivity contribution in [3.63, 3.8) is 0 Å². The van der Waals surface area contributed by atoms with Gasteiger partial charge in [-0.15, -0.1) is 0 Å². The molecule has 4 aromatic rings. The Morgan fingerprint density at radius 3 is 2.30 bits per heavy atom. The molecule has 0 atom stereocenters. The van der Waals surface area contributed by atoms with E-state index >= 15 is 0 Å². The lowest BCUT2D eigenvalue weighted by molar-refractivity contribution is -0.118. The number of amides is 1. The van der Waals surface area contributed by atoms with Crippen molar-refractivity contribution in [1.29, 1.82) is 0 Å². The Labute approximate surface area is 196 Å². The van der Waals surface area contributed by atoms with E-state index in [9.17, 15) is 17.6 Å². The molecule has 1 aromatic heterocycles. The number of sulfone groups is 1. The first-order chi connectivity index (χ1) is 15.9. The van der Waals surface area contributed by atoms with Gasteiger partial charge in [0.2, 0.25) is 5.91 Å². The highest BCUT2D eigenvalue weighted by Gasteiger charge is 2.21. The SMILES string of the molecule is O=C(CCCS(=O)(=O)Cc1ccccc1)N(Cc1ccccc1)c1nc2ccc(F)cc2s1. The molecule has 1 amide bonds. The van der Waals surface area contributed by atoms with Crippen LogP contribution in [0.15, 0.2) is 78.9 Å². The average molecular weight is 483 g/mol. The Morgan fingerprint density at radius 2 is 1.61 bits per heavy atom. The van der Waals surface area contributed by atoms with Crippen LogP contribution >= 0.6 is 11.3 Å². The molecule has 0 aliphatic rings. The van der Waals surface area contributed by atoms with E-state index in [4.69, 9.17) is 0 Å². The van der Waals surface area contributed by atoms with Crippen LogP contribution in [0.4, 0.5) is 9.52 Å². The molecular formula is C25H23FN2O3S2. The summed E-state index contributed by atoms with van der Waals surface area (Å²) in [6.45, 7) is 0.304. The molecule has 5 nitrogen and oxygen atoms in total. The van der Waals surface area contributed by atoms with E-state index in [1.54, 1.807) is 35.2 Å². The third-order valence-corrected chi connectivity index (χ3v) is 7.86. The normalized spacial score (nSPS) is 11.5. The quantitative estimate of drug-likeness (QED) is 0.322. The third kappa shape index (κ3) is 6.24. The smallest absolute Gasteiger partial charge is 0.229 e. The second-order valence-corrected chi connectivity index (χ2v) is 10.9. The molecule has 0 bridgehead atoms. The zero-order valence-corrected chi connectivity index (χ0v) is 19.5. The highest BCUT2D eigenvalue weighted by Crippen LogP contribution is 2.31. The van der Waals surface area contributed by atoms with Crippen LogP contribution in [-0.4, -0.2) is 25.1 Å². The van der Waals surface area contributed by atoms with E-state index in [2.05, 4.69) is 4.98 Å². The van der Waals surface area contributed by atoms with Gasteiger partial charge >= 0.3 is 0 Å². The van der Waals surface area contributed by atoms with E-state index in [0.29, 0.717) is 21.9 Å². The molecule has 0 fully saturated rings. The van der Waals surface area contributed by atoms with Crippen LogP contribution in [0.3, 0.4) is 0 Å². The van der Waals surface area contributed by atoms with E-state index in [-0.39, 0.29) is 36.1 Å². The van der Waals surface area contributed by atoms with Crippen LogP contribution in [0.1, 0.15) is 24.0 Å². The maximum atomic E-state index is 13.6.